The lowest BCUT2D eigenvalue weighted by atomic mass is 9.99. The molecule has 10 nitrogen and oxygen atoms in total. The monoisotopic (exact) mass is 470 g/mol. The minimum absolute atomic E-state index is 0.0690. The van der Waals surface area contributed by atoms with Gasteiger partial charge in [0, 0.05) is 19.2 Å². The molecule has 2 aromatic rings. The zero-order chi connectivity index (χ0) is 23.0. The number of amides is 2. The predicted octanol–water partition coefficient (Wildman–Crippen LogP) is 2.70. The van der Waals surface area contributed by atoms with Crippen molar-refractivity contribution in [1.82, 2.24) is 14.5 Å². The lowest BCUT2D eigenvalue weighted by Crippen LogP contribution is -2.22. The largest absolute Gasteiger partial charge is 0.477 e. The SMILES string of the molecule is CO[C@@H]1CCOc2c(S(=O)(=NC(=O)Nc3c4c(cc5c3CCC5)CCC4)NC#N)cnn2C1. The normalized spacial score (nSPS) is 20.3. The highest BCUT2D eigenvalue weighted by Crippen LogP contribution is 2.39. The predicted molar refractivity (Wildman–Crippen MR) is 120 cm³/mol. The van der Waals surface area contributed by atoms with E-state index in [1.54, 1.807) is 13.3 Å². The molecule has 3 aliphatic rings. The first-order chi connectivity index (χ1) is 16.0. The van der Waals surface area contributed by atoms with E-state index >= 15 is 0 Å². The number of hydrogen-bond donors (Lipinski definition) is 2. The average Bonchev–Trinajstić information content (AvgIpc) is 3.51. The summed E-state index contributed by atoms with van der Waals surface area (Å²) in [5.74, 6) is 0.223. The Hall–Kier alpha value is -3.10. The first-order valence-electron chi connectivity index (χ1n) is 11.1. The quantitative estimate of drug-likeness (QED) is 0.522. The van der Waals surface area contributed by atoms with E-state index in [2.05, 4.69) is 25.6 Å². The van der Waals surface area contributed by atoms with Crippen LogP contribution >= 0.6 is 0 Å². The zero-order valence-electron chi connectivity index (χ0n) is 18.4. The summed E-state index contributed by atoms with van der Waals surface area (Å²) in [7, 11) is -2.04. The number of nitrogens with zero attached hydrogens (tertiary/aromatic N) is 4. The van der Waals surface area contributed by atoms with Gasteiger partial charge in [-0.15, -0.1) is 4.36 Å². The molecule has 2 N–H and O–H groups in total. The molecule has 5 rings (SSSR count). The maximum Gasteiger partial charge on any atom is 0.355 e. The Labute approximate surface area is 192 Å². The summed E-state index contributed by atoms with van der Waals surface area (Å²) in [6.07, 6.45) is 9.42. The van der Waals surface area contributed by atoms with Crippen LogP contribution in [0.25, 0.3) is 0 Å². The summed E-state index contributed by atoms with van der Waals surface area (Å²) in [5, 5.41) is 16.4. The van der Waals surface area contributed by atoms with E-state index in [1.807, 2.05) is 0 Å². The molecule has 2 atom stereocenters. The Morgan fingerprint density at radius 3 is 2.70 bits per heavy atom. The number of aromatic nitrogens is 2. The van der Waals surface area contributed by atoms with Crippen LogP contribution in [0.2, 0.25) is 0 Å². The number of urea groups is 1. The van der Waals surface area contributed by atoms with E-state index in [1.165, 1.54) is 22.0 Å². The summed E-state index contributed by atoms with van der Waals surface area (Å²) in [6, 6.07) is 1.51. The van der Waals surface area contributed by atoms with Crippen LogP contribution in [-0.2, 0) is 46.9 Å². The van der Waals surface area contributed by atoms with E-state index in [0.717, 1.165) is 55.3 Å². The second-order valence-electron chi connectivity index (χ2n) is 8.49. The highest BCUT2D eigenvalue weighted by Gasteiger charge is 2.29. The van der Waals surface area contributed by atoms with Crippen molar-refractivity contribution >= 4 is 21.6 Å². The number of nitrogens with one attached hydrogen (secondary N) is 2. The fourth-order valence-electron chi connectivity index (χ4n) is 4.99. The summed E-state index contributed by atoms with van der Waals surface area (Å²) in [4.78, 5) is 13.1. The molecule has 2 amide bonds. The summed E-state index contributed by atoms with van der Waals surface area (Å²) in [6.45, 7) is 0.732. The van der Waals surface area contributed by atoms with Crippen molar-refractivity contribution in [2.75, 3.05) is 19.0 Å². The maximum absolute atomic E-state index is 13.7. The lowest BCUT2D eigenvalue weighted by Gasteiger charge is -2.15. The molecular weight excluding hydrogens is 444 g/mol. The van der Waals surface area contributed by atoms with Gasteiger partial charge in [0.2, 0.25) is 5.88 Å². The Morgan fingerprint density at radius 1 is 1.30 bits per heavy atom. The van der Waals surface area contributed by atoms with Crippen LogP contribution in [0.5, 0.6) is 5.88 Å². The lowest BCUT2D eigenvalue weighted by molar-refractivity contribution is 0.0775. The molecule has 0 radical (unpaired) electrons. The van der Waals surface area contributed by atoms with Crippen molar-refractivity contribution in [2.45, 2.75) is 62.5 Å². The van der Waals surface area contributed by atoms with Crippen LogP contribution in [0.1, 0.15) is 41.5 Å². The number of aryl methyl sites for hydroxylation is 2. The minimum atomic E-state index is -3.65. The van der Waals surface area contributed by atoms with Crippen molar-refractivity contribution in [2.24, 2.45) is 4.36 Å². The van der Waals surface area contributed by atoms with E-state index in [9.17, 15) is 14.3 Å². The van der Waals surface area contributed by atoms with Crippen molar-refractivity contribution in [3.8, 4) is 12.1 Å². The molecule has 1 aromatic carbocycles. The summed E-state index contributed by atoms with van der Waals surface area (Å²) >= 11 is 0. The molecule has 33 heavy (non-hydrogen) atoms. The molecule has 1 aromatic heterocycles. The molecule has 1 aliphatic heterocycles. The number of rotatable bonds is 4. The van der Waals surface area contributed by atoms with Crippen LogP contribution in [0, 0.1) is 11.5 Å². The number of benzene rings is 1. The zero-order valence-corrected chi connectivity index (χ0v) is 19.2. The average molecular weight is 471 g/mol. The van der Waals surface area contributed by atoms with Gasteiger partial charge in [-0.3, -0.25) is 0 Å². The van der Waals surface area contributed by atoms with Crippen molar-refractivity contribution in [3.63, 3.8) is 0 Å². The second kappa shape index (κ2) is 8.68. The Balaban J connectivity index is 1.51. The highest BCUT2D eigenvalue weighted by molar-refractivity contribution is 7.92. The number of carbonyl (C=O) groups excluding carboxylic acids is 1. The van der Waals surface area contributed by atoms with Crippen molar-refractivity contribution in [3.05, 3.63) is 34.5 Å². The number of anilines is 1. The van der Waals surface area contributed by atoms with Crippen LogP contribution < -0.4 is 14.8 Å². The third-order valence-corrected chi connectivity index (χ3v) is 8.21. The van der Waals surface area contributed by atoms with Gasteiger partial charge >= 0.3 is 6.03 Å². The standard InChI is InChI=1S/C22H26N6O4S/c1-31-16-8-9-32-21-19(11-24-28(21)12-16)33(30,25-13-23)27-22(29)26-20-17-6-2-4-14(17)10-15-5-3-7-18(15)20/h10-11,16H,2-9,12H2,1H3,(H2,25,26,27,29,30)/t16-,33?/m1/s1. The van der Waals surface area contributed by atoms with Gasteiger partial charge in [-0.2, -0.15) is 10.4 Å². The van der Waals surface area contributed by atoms with Gasteiger partial charge in [0.25, 0.3) is 0 Å². The topological polar surface area (TPSA) is 131 Å². The van der Waals surface area contributed by atoms with Gasteiger partial charge in [0.05, 0.1) is 25.5 Å². The first-order valence-corrected chi connectivity index (χ1v) is 12.7. The molecule has 0 fully saturated rings. The number of carbonyl (C=O) groups is 1. The minimum Gasteiger partial charge on any atom is -0.477 e. The molecule has 0 saturated heterocycles. The van der Waals surface area contributed by atoms with Crippen LogP contribution in [-0.4, -0.2) is 39.8 Å². The van der Waals surface area contributed by atoms with Crippen molar-refractivity contribution in [1.29, 1.82) is 5.26 Å². The van der Waals surface area contributed by atoms with Gasteiger partial charge in [0.1, 0.15) is 0 Å². The number of hydrogen-bond acceptors (Lipinski definition) is 6. The molecule has 2 heterocycles. The Bertz CT molecular complexity index is 1240. The molecule has 174 valence electrons. The second-order valence-corrected chi connectivity index (χ2v) is 10.4. The Morgan fingerprint density at radius 2 is 2.03 bits per heavy atom. The number of fused-ring (bicyclic) bond motifs is 3. The van der Waals surface area contributed by atoms with Gasteiger partial charge in [-0.1, -0.05) is 6.07 Å². The van der Waals surface area contributed by atoms with Crippen LogP contribution in [0.4, 0.5) is 10.5 Å². The molecule has 11 heteroatoms. The first kappa shape index (κ1) is 21.7. The summed E-state index contributed by atoms with van der Waals surface area (Å²) < 4.78 is 32.6. The number of methoxy groups -OCH3 is 1. The van der Waals surface area contributed by atoms with Crippen molar-refractivity contribution < 1.29 is 18.5 Å². The van der Waals surface area contributed by atoms with E-state index in [4.69, 9.17) is 9.47 Å². The van der Waals surface area contributed by atoms with Crippen LogP contribution in [0.15, 0.2) is 21.5 Å². The maximum atomic E-state index is 13.7. The highest BCUT2D eigenvalue weighted by atomic mass is 32.2. The van der Waals surface area contributed by atoms with Crippen LogP contribution in [0.3, 0.4) is 0 Å². The van der Waals surface area contributed by atoms with E-state index in [0.29, 0.717) is 19.6 Å². The smallest absolute Gasteiger partial charge is 0.355 e. The number of nitriles is 1. The molecule has 0 saturated carbocycles. The van der Waals surface area contributed by atoms with Gasteiger partial charge in [-0.25, -0.2) is 18.4 Å². The Kier molecular flexibility index (Phi) is 5.72. The van der Waals surface area contributed by atoms with E-state index < -0.39 is 15.9 Å². The molecular formula is C22H26N6O4S. The molecule has 2 aliphatic carbocycles. The molecule has 1 unspecified atom stereocenters. The molecule has 0 spiro atoms. The van der Waals surface area contributed by atoms with Gasteiger partial charge in [0.15, 0.2) is 21.0 Å². The fraction of sp³-hybridized carbons (Fsp3) is 0.500. The summed E-state index contributed by atoms with van der Waals surface area (Å²) in [5.41, 5.74) is 5.63. The third kappa shape index (κ3) is 3.94. The molecule has 0 bridgehead atoms. The van der Waals surface area contributed by atoms with E-state index in [-0.39, 0.29) is 16.9 Å². The van der Waals surface area contributed by atoms with Gasteiger partial charge in [-0.05, 0) is 60.8 Å². The third-order valence-electron chi connectivity index (χ3n) is 6.55. The number of ether oxygens (including phenoxy) is 2. The fourth-order valence-corrected chi connectivity index (χ4v) is 6.24. The van der Waals surface area contributed by atoms with Gasteiger partial charge < -0.3 is 14.8 Å².